The van der Waals surface area contributed by atoms with Crippen molar-refractivity contribution in [1.29, 1.82) is 0 Å². The van der Waals surface area contributed by atoms with E-state index in [0.717, 1.165) is 24.7 Å². The van der Waals surface area contributed by atoms with Crippen LogP contribution in [0.5, 0.6) is 11.5 Å². The molecule has 246 valence electrons. The molecule has 6 aromatic carbocycles. The SMILES string of the molecule is c1ccc2cc3c(cc2c1)-c1cc2ccccc2cc1C3(c1ccc(OCCOCC2CO2)cc1)c1ccc(OCCOCC2CO2)cc1. The maximum atomic E-state index is 6.11. The third kappa shape index (κ3) is 5.96. The molecular weight excluding hydrogens is 612 g/mol. The number of ether oxygens (including phenoxy) is 6. The topological polar surface area (TPSA) is 62.0 Å². The molecule has 49 heavy (non-hydrogen) atoms. The van der Waals surface area contributed by atoms with Crippen LogP contribution in [0.3, 0.4) is 0 Å². The lowest BCUT2D eigenvalue weighted by Gasteiger charge is -2.34. The molecule has 0 spiro atoms. The van der Waals surface area contributed by atoms with Crippen molar-refractivity contribution in [2.45, 2.75) is 17.6 Å². The number of fused-ring (bicyclic) bond motifs is 5. The highest BCUT2D eigenvalue weighted by Gasteiger charge is 2.46. The molecule has 0 N–H and O–H groups in total. The number of epoxide rings is 2. The maximum Gasteiger partial charge on any atom is 0.119 e. The van der Waals surface area contributed by atoms with Gasteiger partial charge in [0.15, 0.2) is 0 Å². The summed E-state index contributed by atoms with van der Waals surface area (Å²) in [4.78, 5) is 0. The van der Waals surface area contributed by atoms with E-state index in [1.54, 1.807) is 0 Å². The molecule has 1 aliphatic carbocycles. The van der Waals surface area contributed by atoms with Gasteiger partial charge in [0.2, 0.25) is 0 Å². The van der Waals surface area contributed by atoms with Crippen LogP contribution in [0.15, 0.2) is 121 Å². The second-order valence-electron chi connectivity index (χ2n) is 13.0. The van der Waals surface area contributed by atoms with Crippen molar-refractivity contribution in [1.82, 2.24) is 0 Å². The smallest absolute Gasteiger partial charge is 0.119 e. The highest BCUT2D eigenvalue weighted by atomic mass is 16.6. The molecule has 2 unspecified atom stereocenters. The number of benzene rings is 6. The molecule has 2 saturated heterocycles. The Labute approximate surface area is 286 Å². The van der Waals surface area contributed by atoms with Crippen molar-refractivity contribution in [3.63, 3.8) is 0 Å². The van der Waals surface area contributed by atoms with E-state index in [2.05, 4.69) is 121 Å². The van der Waals surface area contributed by atoms with Gasteiger partial charge in [-0.25, -0.2) is 0 Å². The molecule has 0 saturated carbocycles. The Morgan fingerprint density at radius 2 is 0.878 bits per heavy atom. The minimum absolute atomic E-state index is 0.254. The molecule has 2 fully saturated rings. The zero-order valence-corrected chi connectivity index (χ0v) is 27.3. The van der Waals surface area contributed by atoms with Gasteiger partial charge < -0.3 is 28.4 Å². The molecule has 6 nitrogen and oxygen atoms in total. The van der Waals surface area contributed by atoms with E-state index in [-0.39, 0.29) is 12.2 Å². The van der Waals surface area contributed by atoms with E-state index in [0.29, 0.717) is 39.6 Å². The number of hydrogen-bond acceptors (Lipinski definition) is 6. The first-order chi connectivity index (χ1) is 24.3. The Morgan fingerprint density at radius 3 is 1.27 bits per heavy atom. The predicted octanol–water partition coefficient (Wildman–Crippen LogP) is 7.94. The summed E-state index contributed by atoms with van der Waals surface area (Å²) >= 11 is 0. The van der Waals surface area contributed by atoms with Gasteiger partial charge in [-0.2, -0.15) is 0 Å². The summed E-state index contributed by atoms with van der Waals surface area (Å²) in [5.41, 5.74) is 6.84. The molecule has 0 radical (unpaired) electrons. The number of hydrogen-bond donors (Lipinski definition) is 0. The molecule has 2 atom stereocenters. The van der Waals surface area contributed by atoms with Crippen LogP contribution in [-0.2, 0) is 24.4 Å². The zero-order chi connectivity index (χ0) is 32.6. The molecule has 9 rings (SSSR count). The minimum atomic E-state index is -0.573. The molecule has 0 bridgehead atoms. The second kappa shape index (κ2) is 13.0. The Morgan fingerprint density at radius 1 is 0.490 bits per heavy atom. The summed E-state index contributed by atoms with van der Waals surface area (Å²) in [6, 6.07) is 44.1. The fraction of sp³-hybridized carbons (Fsp3) is 0.256. The zero-order valence-electron chi connectivity index (χ0n) is 27.3. The highest BCUT2D eigenvalue weighted by Crippen LogP contribution is 2.58. The molecule has 2 aliphatic heterocycles. The quantitative estimate of drug-likeness (QED) is 0.0880. The second-order valence-corrected chi connectivity index (χ2v) is 13.0. The third-order valence-electron chi connectivity index (χ3n) is 9.85. The lowest BCUT2D eigenvalue weighted by atomic mass is 9.67. The summed E-state index contributed by atoms with van der Waals surface area (Å²) in [6.07, 6.45) is 0.507. The first-order valence-electron chi connectivity index (χ1n) is 17.2. The van der Waals surface area contributed by atoms with Gasteiger partial charge in [0.25, 0.3) is 0 Å². The van der Waals surface area contributed by atoms with E-state index >= 15 is 0 Å². The normalized spacial score (nSPS) is 18.3. The van der Waals surface area contributed by atoms with Gasteiger partial charge >= 0.3 is 0 Å². The van der Waals surface area contributed by atoms with Crippen molar-refractivity contribution < 1.29 is 28.4 Å². The first-order valence-corrected chi connectivity index (χ1v) is 17.2. The van der Waals surface area contributed by atoms with E-state index < -0.39 is 5.41 Å². The fourth-order valence-electron chi connectivity index (χ4n) is 7.28. The van der Waals surface area contributed by atoms with Crippen molar-refractivity contribution in [3.05, 3.63) is 144 Å². The van der Waals surface area contributed by atoms with Crippen LogP contribution in [0.1, 0.15) is 22.3 Å². The molecule has 6 aromatic rings. The lowest BCUT2D eigenvalue weighted by Crippen LogP contribution is -2.28. The van der Waals surface area contributed by atoms with Gasteiger partial charge in [0.05, 0.1) is 45.1 Å². The van der Waals surface area contributed by atoms with Gasteiger partial charge in [-0.05, 0) is 103 Å². The maximum absolute atomic E-state index is 6.11. The summed E-state index contributed by atoms with van der Waals surface area (Å²) < 4.78 is 34.1. The van der Waals surface area contributed by atoms with Crippen LogP contribution < -0.4 is 9.47 Å². The van der Waals surface area contributed by atoms with E-state index in [1.807, 2.05) is 0 Å². The largest absolute Gasteiger partial charge is 0.491 e. The molecule has 0 aromatic heterocycles. The van der Waals surface area contributed by atoms with E-state index in [9.17, 15) is 0 Å². The monoisotopic (exact) mass is 650 g/mol. The average molecular weight is 651 g/mol. The van der Waals surface area contributed by atoms with Crippen LogP contribution in [-0.4, -0.2) is 65.1 Å². The lowest BCUT2D eigenvalue weighted by molar-refractivity contribution is 0.0878. The van der Waals surface area contributed by atoms with Gasteiger partial charge in [-0.15, -0.1) is 0 Å². The summed E-state index contributed by atoms with van der Waals surface area (Å²) in [6.45, 7) is 4.88. The van der Waals surface area contributed by atoms with Crippen LogP contribution >= 0.6 is 0 Å². The summed E-state index contributed by atoms with van der Waals surface area (Å²) in [5, 5.41) is 4.90. The van der Waals surface area contributed by atoms with Crippen molar-refractivity contribution in [2.75, 3.05) is 52.9 Å². The summed E-state index contributed by atoms with van der Waals surface area (Å²) in [5.74, 6) is 1.64. The van der Waals surface area contributed by atoms with Gasteiger partial charge in [0, 0.05) is 0 Å². The first kappa shape index (κ1) is 30.3. The average Bonchev–Trinajstić information content (AvgIpc) is 4.09. The number of rotatable bonds is 14. The Hall–Kier alpha value is -4.72. The Kier molecular flexibility index (Phi) is 8.02. The molecule has 3 aliphatic rings. The van der Waals surface area contributed by atoms with Crippen molar-refractivity contribution in [2.24, 2.45) is 0 Å². The van der Waals surface area contributed by atoms with Crippen molar-refractivity contribution >= 4 is 21.5 Å². The minimum Gasteiger partial charge on any atom is -0.491 e. The summed E-state index contributed by atoms with van der Waals surface area (Å²) in [7, 11) is 0. The Bertz CT molecular complexity index is 1940. The van der Waals surface area contributed by atoms with Crippen LogP contribution in [0.2, 0.25) is 0 Å². The van der Waals surface area contributed by atoms with E-state index in [4.69, 9.17) is 28.4 Å². The standard InChI is InChI=1S/C43H38O6/c1-3-7-31-23-41-39(21-29(31)5-1)40-22-30-6-2-4-8-32(30)24-42(40)43(41,33-9-13-35(14-10-33)46-19-17-44-25-37-27-48-37)34-11-15-36(16-12-34)47-20-18-45-26-38-28-49-38/h1-16,21-24,37-38H,17-20,25-28H2. The predicted molar refractivity (Wildman–Crippen MR) is 191 cm³/mol. The van der Waals surface area contributed by atoms with Crippen LogP contribution in [0.4, 0.5) is 0 Å². The van der Waals surface area contributed by atoms with Crippen LogP contribution in [0, 0.1) is 0 Å². The molecule has 6 heteroatoms. The molecule has 2 heterocycles. The highest BCUT2D eigenvalue weighted by molar-refractivity contribution is 6.00. The fourth-order valence-corrected chi connectivity index (χ4v) is 7.28. The van der Waals surface area contributed by atoms with Crippen LogP contribution in [0.25, 0.3) is 32.7 Å². The molecule has 0 amide bonds. The molecular formula is C43H38O6. The van der Waals surface area contributed by atoms with Gasteiger partial charge in [0.1, 0.15) is 36.9 Å². The third-order valence-corrected chi connectivity index (χ3v) is 9.85. The van der Waals surface area contributed by atoms with Crippen molar-refractivity contribution in [3.8, 4) is 22.6 Å². The van der Waals surface area contributed by atoms with Gasteiger partial charge in [-0.3, -0.25) is 0 Å². The van der Waals surface area contributed by atoms with E-state index in [1.165, 1.54) is 54.9 Å². The van der Waals surface area contributed by atoms with Gasteiger partial charge in [-0.1, -0.05) is 72.8 Å². The Balaban J connectivity index is 1.13.